The van der Waals surface area contributed by atoms with E-state index in [0.717, 1.165) is 23.6 Å². The van der Waals surface area contributed by atoms with Crippen LogP contribution in [0.4, 0.5) is 0 Å². The molecule has 3 nitrogen and oxygen atoms in total. The lowest BCUT2D eigenvalue weighted by Crippen LogP contribution is -2.26. The van der Waals surface area contributed by atoms with Crippen molar-refractivity contribution in [3.05, 3.63) is 48.0 Å². The molecule has 2 aromatic rings. The summed E-state index contributed by atoms with van der Waals surface area (Å²) < 4.78 is 5.82. The van der Waals surface area contributed by atoms with Crippen LogP contribution in [0.3, 0.4) is 0 Å². The first-order valence-electron chi connectivity index (χ1n) is 6.62. The van der Waals surface area contributed by atoms with Crippen molar-refractivity contribution in [2.75, 3.05) is 6.54 Å². The van der Waals surface area contributed by atoms with E-state index in [0.29, 0.717) is 6.04 Å². The highest BCUT2D eigenvalue weighted by molar-refractivity contribution is 5.59. The van der Waals surface area contributed by atoms with E-state index in [9.17, 15) is 0 Å². The molecule has 0 fully saturated rings. The second kappa shape index (κ2) is 6.34. The lowest BCUT2D eigenvalue weighted by atomic mass is 10.1. The molecule has 3 heteroatoms. The van der Waals surface area contributed by atoms with Crippen molar-refractivity contribution in [3.8, 4) is 11.3 Å². The molecule has 2 heterocycles. The van der Waals surface area contributed by atoms with Crippen LogP contribution in [-0.4, -0.2) is 17.6 Å². The molecule has 0 amide bonds. The molecule has 1 atom stereocenters. The van der Waals surface area contributed by atoms with Crippen molar-refractivity contribution in [2.45, 2.75) is 26.8 Å². The van der Waals surface area contributed by atoms with E-state index >= 15 is 0 Å². The van der Waals surface area contributed by atoms with E-state index < -0.39 is 0 Å². The summed E-state index contributed by atoms with van der Waals surface area (Å²) >= 11 is 0. The van der Waals surface area contributed by atoms with Crippen LogP contribution in [0.1, 0.15) is 26.5 Å². The largest absolute Gasteiger partial charge is 0.457 e. The van der Waals surface area contributed by atoms with Gasteiger partial charge in [0.1, 0.15) is 11.5 Å². The molecule has 100 valence electrons. The summed E-state index contributed by atoms with van der Waals surface area (Å²) in [5.74, 6) is 1.73. The quantitative estimate of drug-likeness (QED) is 0.885. The van der Waals surface area contributed by atoms with Crippen LogP contribution in [0.2, 0.25) is 0 Å². The molecule has 2 aromatic heterocycles. The van der Waals surface area contributed by atoms with Gasteiger partial charge in [-0.15, -0.1) is 0 Å². The normalized spacial score (nSPS) is 13.5. The van der Waals surface area contributed by atoms with Crippen LogP contribution >= 0.6 is 0 Å². The Morgan fingerprint density at radius 1 is 1.42 bits per heavy atom. The van der Waals surface area contributed by atoms with Gasteiger partial charge in [-0.3, -0.25) is 4.98 Å². The maximum atomic E-state index is 5.82. The number of hydrogen-bond donors (Lipinski definition) is 1. The van der Waals surface area contributed by atoms with Gasteiger partial charge in [0.2, 0.25) is 0 Å². The zero-order valence-electron chi connectivity index (χ0n) is 11.7. The highest BCUT2D eigenvalue weighted by atomic mass is 16.3. The molecule has 0 aromatic carbocycles. The molecule has 0 radical (unpaired) electrons. The van der Waals surface area contributed by atoms with Crippen LogP contribution < -0.4 is 5.32 Å². The minimum absolute atomic E-state index is 0.358. The Hall–Kier alpha value is -1.87. The zero-order chi connectivity index (χ0) is 13.7. The third kappa shape index (κ3) is 3.55. The average molecular weight is 256 g/mol. The Morgan fingerprint density at radius 3 is 2.95 bits per heavy atom. The maximum absolute atomic E-state index is 5.82. The number of nitrogens with one attached hydrogen (secondary N) is 1. The van der Waals surface area contributed by atoms with Crippen molar-refractivity contribution in [2.24, 2.45) is 0 Å². The molecule has 0 aliphatic carbocycles. The number of rotatable bonds is 5. The minimum atomic E-state index is 0.358. The van der Waals surface area contributed by atoms with Crippen molar-refractivity contribution in [3.63, 3.8) is 0 Å². The average Bonchev–Trinajstić information content (AvgIpc) is 2.88. The van der Waals surface area contributed by atoms with Gasteiger partial charge >= 0.3 is 0 Å². The fourth-order valence-electron chi connectivity index (χ4n) is 1.91. The molecule has 0 bridgehead atoms. The first kappa shape index (κ1) is 13.6. The van der Waals surface area contributed by atoms with Crippen LogP contribution in [0, 0.1) is 0 Å². The lowest BCUT2D eigenvalue weighted by molar-refractivity contribution is 0.568. The topological polar surface area (TPSA) is 38.1 Å². The van der Waals surface area contributed by atoms with E-state index in [-0.39, 0.29) is 0 Å². The summed E-state index contributed by atoms with van der Waals surface area (Å²) in [6, 6.07) is 8.23. The van der Waals surface area contributed by atoms with Crippen molar-refractivity contribution >= 4 is 6.08 Å². The van der Waals surface area contributed by atoms with Gasteiger partial charge in [0.25, 0.3) is 0 Å². The zero-order valence-corrected chi connectivity index (χ0v) is 11.7. The van der Waals surface area contributed by atoms with Crippen LogP contribution in [0.15, 0.2) is 46.6 Å². The van der Waals surface area contributed by atoms with E-state index in [1.807, 2.05) is 24.3 Å². The molecular formula is C16H20N2O. The van der Waals surface area contributed by atoms with Gasteiger partial charge in [0.15, 0.2) is 0 Å². The predicted octanol–water partition coefficient (Wildman–Crippen LogP) is 3.74. The second-order valence-corrected chi connectivity index (χ2v) is 4.61. The van der Waals surface area contributed by atoms with Crippen molar-refractivity contribution in [1.82, 2.24) is 10.3 Å². The molecule has 19 heavy (non-hydrogen) atoms. The number of likely N-dealkylation sites (N-methyl/N-ethyl adjacent to an activating group) is 1. The number of hydrogen-bond acceptors (Lipinski definition) is 3. The number of aromatic nitrogens is 1. The molecule has 0 aliphatic heterocycles. The molecule has 0 saturated heterocycles. The third-order valence-corrected chi connectivity index (χ3v) is 3.14. The molecule has 1 unspecified atom stereocenters. The minimum Gasteiger partial charge on any atom is -0.457 e. The molecular weight excluding hydrogens is 236 g/mol. The van der Waals surface area contributed by atoms with Gasteiger partial charge in [0.05, 0.1) is 0 Å². The van der Waals surface area contributed by atoms with Gasteiger partial charge in [-0.1, -0.05) is 12.5 Å². The monoisotopic (exact) mass is 256 g/mol. The van der Waals surface area contributed by atoms with Crippen LogP contribution in [-0.2, 0) is 0 Å². The van der Waals surface area contributed by atoms with E-state index in [2.05, 4.69) is 37.1 Å². The Labute approximate surface area is 114 Å². The predicted molar refractivity (Wildman–Crippen MR) is 78.7 cm³/mol. The van der Waals surface area contributed by atoms with Crippen LogP contribution in [0.5, 0.6) is 0 Å². The summed E-state index contributed by atoms with van der Waals surface area (Å²) in [6.45, 7) is 7.34. The Bertz CT molecular complexity index is 543. The van der Waals surface area contributed by atoms with E-state index in [1.54, 1.807) is 12.4 Å². The first-order chi connectivity index (χ1) is 9.20. The smallest absolute Gasteiger partial charge is 0.136 e. The van der Waals surface area contributed by atoms with Gasteiger partial charge < -0.3 is 9.73 Å². The van der Waals surface area contributed by atoms with Crippen molar-refractivity contribution in [1.29, 1.82) is 0 Å². The van der Waals surface area contributed by atoms with Crippen molar-refractivity contribution < 1.29 is 4.42 Å². The number of nitrogens with zero attached hydrogens (tertiary/aromatic N) is 1. The highest BCUT2D eigenvalue weighted by Gasteiger charge is 2.06. The summed E-state index contributed by atoms with van der Waals surface area (Å²) in [7, 11) is 0. The standard InChI is InChI=1S/C16H20N2O/c1-4-18-13(3)12(2)10-15-7-8-16(19-15)14-6-5-9-17-11-14/h5-11,13,18H,4H2,1-3H3/b12-10+. The molecule has 2 rings (SSSR count). The Kier molecular flexibility index (Phi) is 4.53. The Balaban J connectivity index is 2.16. The highest BCUT2D eigenvalue weighted by Crippen LogP contribution is 2.22. The molecule has 0 saturated carbocycles. The summed E-state index contributed by atoms with van der Waals surface area (Å²) in [6.07, 6.45) is 5.64. The van der Waals surface area contributed by atoms with Gasteiger partial charge in [-0.05, 0) is 50.7 Å². The van der Waals surface area contributed by atoms with Gasteiger partial charge in [0, 0.05) is 24.0 Å². The van der Waals surface area contributed by atoms with Crippen LogP contribution in [0.25, 0.3) is 17.4 Å². The summed E-state index contributed by atoms with van der Waals surface area (Å²) in [5.41, 5.74) is 2.26. The fourth-order valence-corrected chi connectivity index (χ4v) is 1.91. The number of pyridine rings is 1. The third-order valence-electron chi connectivity index (χ3n) is 3.14. The summed E-state index contributed by atoms with van der Waals surface area (Å²) in [4.78, 5) is 4.10. The lowest BCUT2D eigenvalue weighted by Gasteiger charge is -2.12. The molecule has 0 aliphatic rings. The molecule has 0 spiro atoms. The SMILES string of the molecule is CCNC(C)/C(C)=C/c1ccc(-c2cccnc2)o1. The van der Waals surface area contributed by atoms with E-state index in [4.69, 9.17) is 4.42 Å². The molecule has 1 N–H and O–H groups in total. The second-order valence-electron chi connectivity index (χ2n) is 4.61. The fraction of sp³-hybridized carbons (Fsp3) is 0.312. The Morgan fingerprint density at radius 2 is 2.26 bits per heavy atom. The first-order valence-corrected chi connectivity index (χ1v) is 6.62. The van der Waals surface area contributed by atoms with Gasteiger partial charge in [-0.25, -0.2) is 0 Å². The number of furan rings is 1. The summed E-state index contributed by atoms with van der Waals surface area (Å²) in [5, 5.41) is 3.38. The van der Waals surface area contributed by atoms with Gasteiger partial charge in [-0.2, -0.15) is 0 Å². The maximum Gasteiger partial charge on any atom is 0.136 e. The van der Waals surface area contributed by atoms with E-state index in [1.165, 1.54) is 5.57 Å².